The number of carbonyl (C=O) groups excluding carboxylic acids is 1. The van der Waals surface area contributed by atoms with E-state index in [9.17, 15) is 13.2 Å². The molecule has 0 unspecified atom stereocenters. The summed E-state index contributed by atoms with van der Waals surface area (Å²) in [6.45, 7) is 0.125. The molecule has 11 heteroatoms. The molecule has 0 aliphatic rings. The topological polar surface area (TPSA) is 109 Å². The van der Waals surface area contributed by atoms with E-state index in [1.807, 2.05) is 59.2 Å². The fourth-order valence-corrected chi connectivity index (χ4v) is 5.62. The lowest BCUT2D eigenvalue weighted by molar-refractivity contribution is -0.140. The van der Waals surface area contributed by atoms with Gasteiger partial charge in [-0.15, -0.1) is 0 Å². The van der Waals surface area contributed by atoms with Crippen LogP contribution in [0.1, 0.15) is 12.8 Å². The number of nitrogens with zero attached hydrogens (tertiary/aromatic N) is 2. The van der Waals surface area contributed by atoms with Crippen molar-refractivity contribution in [2.24, 2.45) is 0 Å². The van der Waals surface area contributed by atoms with Crippen LogP contribution in [0.4, 0.5) is 5.69 Å². The number of fused-ring (bicyclic) bond motifs is 1. The largest absolute Gasteiger partial charge is 0.497 e. The van der Waals surface area contributed by atoms with E-state index in [4.69, 9.17) is 30.8 Å². The van der Waals surface area contributed by atoms with Gasteiger partial charge in [-0.2, -0.15) is 0 Å². The van der Waals surface area contributed by atoms with Crippen LogP contribution in [0.15, 0.2) is 95.9 Å². The number of hydrogen-bond acceptors (Lipinski definition) is 7. The lowest BCUT2D eigenvalue weighted by Crippen LogP contribution is -2.14. The molecule has 0 radical (unpaired) electrons. The Hall–Kier alpha value is -4.54. The minimum absolute atomic E-state index is 0.0392. The molecular formula is C31H28ClN3O6S. The predicted octanol–water partition coefficient (Wildman–Crippen LogP) is 6.49. The van der Waals surface area contributed by atoms with Crippen molar-refractivity contribution in [3.05, 3.63) is 96.0 Å². The van der Waals surface area contributed by atoms with Crippen molar-refractivity contribution in [3.63, 3.8) is 0 Å². The second kappa shape index (κ2) is 12.5. The molecule has 1 N–H and O–H groups in total. The molecule has 1 aromatic heterocycles. The summed E-state index contributed by atoms with van der Waals surface area (Å²) in [4.78, 5) is 16.7. The molecule has 1 heterocycles. The smallest absolute Gasteiger partial charge is 0.305 e. The summed E-state index contributed by atoms with van der Waals surface area (Å²) in [5.41, 5.74) is 3.01. The number of rotatable bonds is 11. The Labute approximate surface area is 248 Å². The van der Waals surface area contributed by atoms with Crippen LogP contribution in [0, 0.1) is 0 Å². The molecule has 5 aromatic rings. The Balaban J connectivity index is 1.66. The number of sulfonamides is 1. The van der Waals surface area contributed by atoms with E-state index in [-0.39, 0.29) is 35.3 Å². The molecule has 0 saturated heterocycles. The normalized spacial score (nSPS) is 11.3. The van der Waals surface area contributed by atoms with E-state index in [2.05, 4.69) is 4.72 Å². The summed E-state index contributed by atoms with van der Waals surface area (Å²) in [6.07, 6.45) is 0.505. The van der Waals surface area contributed by atoms with Gasteiger partial charge < -0.3 is 14.2 Å². The Morgan fingerprint density at radius 2 is 1.64 bits per heavy atom. The quantitative estimate of drug-likeness (QED) is 0.135. The molecule has 0 aliphatic carbocycles. The summed E-state index contributed by atoms with van der Waals surface area (Å²) in [7, 11) is -1.07. The Morgan fingerprint density at radius 1 is 0.929 bits per heavy atom. The number of methoxy groups -OCH3 is 2. The maximum absolute atomic E-state index is 13.3. The average molecular weight is 606 g/mol. The Morgan fingerprint density at radius 3 is 2.31 bits per heavy atom. The summed E-state index contributed by atoms with van der Waals surface area (Å²) in [5, 5.41) is 0.419. The first-order valence-corrected chi connectivity index (χ1v) is 14.9. The molecule has 216 valence electrons. The van der Waals surface area contributed by atoms with Crippen molar-refractivity contribution in [1.82, 2.24) is 9.55 Å². The standard InChI is InChI=1S/C31H28ClN3O6S/c1-39-24-14-12-23(13-15-24)35-27-19-18-26(34-42(37,38)25-16-10-22(32)11-17-25)30(41-20-6-9-28(36)40-2)29(27)33-31(35)21-7-4-3-5-8-21/h3-5,7-8,10-19,34H,6,9,20H2,1-2H3. The van der Waals surface area contributed by atoms with Gasteiger partial charge in [0.1, 0.15) is 17.1 Å². The molecule has 4 aromatic carbocycles. The van der Waals surface area contributed by atoms with Crippen LogP contribution in [-0.4, -0.2) is 44.8 Å². The summed E-state index contributed by atoms with van der Waals surface area (Å²) in [5.74, 6) is 1.21. The van der Waals surface area contributed by atoms with Crippen LogP contribution >= 0.6 is 11.6 Å². The van der Waals surface area contributed by atoms with Gasteiger partial charge >= 0.3 is 5.97 Å². The van der Waals surface area contributed by atoms with Gasteiger partial charge in [0.2, 0.25) is 0 Å². The van der Waals surface area contributed by atoms with Crippen LogP contribution in [0.2, 0.25) is 5.02 Å². The molecule has 0 bridgehead atoms. The van der Waals surface area contributed by atoms with Crippen molar-refractivity contribution < 1.29 is 27.4 Å². The lowest BCUT2D eigenvalue weighted by atomic mass is 10.2. The molecule has 0 atom stereocenters. The number of ether oxygens (including phenoxy) is 3. The molecule has 0 fully saturated rings. The highest BCUT2D eigenvalue weighted by Gasteiger charge is 2.23. The van der Waals surface area contributed by atoms with Gasteiger partial charge in [0.05, 0.1) is 36.9 Å². The molecule has 0 aliphatic heterocycles. The fourth-order valence-electron chi connectivity index (χ4n) is 4.43. The van der Waals surface area contributed by atoms with E-state index in [1.54, 1.807) is 19.2 Å². The number of halogens is 1. The third-order valence-corrected chi connectivity index (χ3v) is 8.14. The first-order valence-electron chi connectivity index (χ1n) is 13.0. The van der Waals surface area contributed by atoms with Crippen LogP contribution < -0.4 is 14.2 Å². The van der Waals surface area contributed by atoms with Gasteiger partial charge in [-0.3, -0.25) is 14.1 Å². The van der Waals surface area contributed by atoms with Crippen molar-refractivity contribution in [1.29, 1.82) is 0 Å². The van der Waals surface area contributed by atoms with Crippen molar-refractivity contribution in [3.8, 4) is 28.6 Å². The Bertz CT molecular complexity index is 1810. The van der Waals surface area contributed by atoms with Crippen LogP contribution in [-0.2, 0) is 19.6 Å². The van der Waals surface area contributed by atoms with Crippen LogP contribution in [0.25, 0.3) is 28.1 Å². The number of hydrogen-bond donors (Lipinski definition) is 1. The zero-order chi connectivity index (χ0) is 29.7. The zero-order valence-electron chi connectivity index (χ0n) is 22.9. The third-order valence-electron chi connectivity index (χ3n) is 6.51. The first kappa shape index (κ1) is 29.0. The second-order valence-corrected chi connectivity index (χ2v) is 11.4. The van der Waals surface area contributed by atoms with Gasteiger partial charge in [0.15, 0.2) is 5.75 Å². The molecular weight excluding hydrogens is 578 g/mol. The van der Waals surface area contributed by atoms with E-state index in [0.717, 1.165) is 11.3 Å². The van der Waals surface area contributed by atoms with E-state index < -0.39 is 10.0 Å². The zero-order valence-corrected chi connectivity index (χ0v) is 24.5. The van der Waals surface area contributed by atoms with Crippen molar-refractivity contribution in [2.75, 3.05) is 25.5 Å². The molecule has 0 saturated carbocycles. The first-order chi connectivity index (χ1) is 20.3. The summed E-state index contributed by atoms with van der Waals surface area (Å²) in [6, 6.07) is 26.5. The number of nitrogens with one attached hydrogen (secondary N) is 1. The van der Waals surface area contributed by atoms with E-state index in [0.29, 0.717) is 34.1 Å². The number of aromatic nitrogens is 2. The van der Waals surface area contributed by atoms with Crippen molar-refractivity contribution >= 4 is 44.3 Å². The average Bonchev–Trinajstić information content (AvgIpc) is 3.40. The summed E-state index contributed by atoms with van der Waals surface area (Å²) < 4.78 is 47.5. The highest BCUT2D eigenvalue weighted by Crippen LogP contribution is 2.39. The minimum atomic E-state index is -4.00. The number of benzene rings is 4. The molecule has 5 rings (SSSR count). The van der Waals surface area contributed by atoms with E-state index >= 15 is 0 Å². The lowest BCUT2D eigenvalue weighted by Gasteiger charge is -2.15. The van der Waals surface area contributed by atoms with Gasteiger partial charge in [-0.1, -0.05) is 41.9 Å². The van der Waals surface area contributed by atoms with Crippen LogP contribution in [0.3, 0.4) is 0 Å². The predicted molar refractivity (Wildman–Crippen MR) is 162 cm³/mol. The maximum Gasteiger partial charge on any atom is 0.305 e. The fraction of sp³-hybridized carbons (Fsp3) is 0.161. The molecule has 0 amide bonds. The second-order valence-electron chi connectivity index (χ2n) is 9.23. The third kappa shape index (κ3) is 6.19. The number of anilines is 1. The number of carbonyl (C=O) groups is 1. The van der Waals surface area contributed by atoms with Crippen molar-refractivity contribution in [2.45, 2.75) is 17.7 Å². The monoisotopic (exact) mass is 605 g/mol. The summed E-state index contributed by atoms with van der Waals surface area (Å²) >= 11 is 5.97. The van der Waals surface area contributed by atoms with E-state index in [1.165, 1.54) is 31.4 Å². The van der Waals surface area contributed by atoms with Crippen LogP contribution in [0.5, 0.6) is 11.5 Å². The SMILES string of the molecule is COC(=O)CCCOc1c(NS(=O)(=O)c2ccc(Cl)cc2)ccc2c1nc(-c1ccccc1)n2-c1ccc(OC)cc1. The molecule has 0 spiro atoms. The maximum atomic E-state index is 13.3. The molecule has 42 heavy (non-hydrogen) atoms. The number of imidazole rings is 1. The highest BCUT2D eigenvalue weighted by molar-refractivity contribution is 7.92. The number of esters is 1. The minimum Gasteiger partial charge on any atom is -0.497 e. The molecule has 9 nitrogen and oxygen atoms in total. The van der Waals surface area contributed by atoms with Gasteiger partial charge in [0.25, 0.3) is 10.0 Å². The Kier molecular flexibility index (Phi) is 8.65. The van der Waals surface area contributed by atoms with Gasteiger partial charge in [-0.25, -0.2) is 13.4 Å². The van der Waals surface area contributed by atoms with Gasteiger partial charge in [-0.05, 0) is 67.1 Å². The van der Waals surface area contributed by atoms with Gasteiger partial charge in [0, 0.05) is 22.7 Å². The highest BCUT2D eigenvalue weighted by atomic mass is 35.5.